The number of hydrogen-bond acceptors (Lipinski definition) is 3. The van der Waals surface area contributed by atoms with Crippen molar-refractivity contribution in [3.05, 3.63) is 59.9 Å². The van der Waals surface area contributed by atoms with E-state index in [1.807, 2.05) is 50.2 Å². The van der Waals surface area contributed by atoms with Crippen LogP contribution in [0, 0.1) is 0 Å². The Morgan fingerprint density at radius 3 is 2.55 bits per heavy atom. The molecule has 0 fully saturated rings. The van der Waals surface area contributed by atoms with Crippen LogP contribution in [0.15, 0.2) is 48.8 Å². The van der Waals surface area contributed by atoms with Gasteiger partial charge in [0, 0.05) is 18.2 Å². The van der Waals surface area contributed by atoms with Gasteiger partial charge in [-0.25, -0.2) is 0 Å². The third-order valence-corrected chi connectivity index (χ3v) is 3.10. The summed E-state index contributed by atoms with van der Waals surface area (Å²) in [5, 5.41) is 10.7. The third-order valence-electron chi connectivity index (χ3n) is 3.10. The van der Waals surface area contributed by atoms with Gasteiger partial charge in [0.2, 0.25) is 0 Å². The van der Waals surface area contributed by atoms with Gasteiger partial charge in [-0.05, 0) is 32.4 Å². The Balaban J connectivity index is 2.20. The van der Waals surface area contributed by atoms with Crippen LogP contribution in [0.2, 0.25) is 0 Å². The first kappa shape index (κ1) is 14.5. The molecule has 2 aromatic rings. The lowest BCUT2D eigenvalue weighted by atomic mass is 9.90. The first-order chi connectivity index (χ1) is 9.47. The monoisotopic (exact) mass is 271 g/mol. The average Bonchev–Trinajstić information content (AvgIpc) is 2.39. The number of benzene rings is 1. The molecule has 106 valence electrons. The van der Waals surface area contributed by atoms with Crippen LogP contribution in [0.5, 0.6) is 5.75 Å². The Hall–Kier alpha value is -1.87. The Labute approximate surface area is 120 Å². The van der Waals surface area contributed by atoms with E-state index in [9.17, 15) is 5.11 Å². The van der Waals surface area contributed by atoms with Crippen molar-refractivity contribution in [2.24, 2.45) is 0 Å². The van der Waals surface area contributed by atoms with Crippen molar-refractivity contribution in [1.29, 1.82) is 0 Å². The number of aromatic nitrogens is 1. The molecule has 1 aromatic heterocycles. The smallest absolute Gasteiger partial charge is 0.138 e. The van der Waals surface area contributed by atoms with Crippen LogP contribution in [0.4, 0.5) is 0 Å². The van der Waals surface area contributed by atoms with E-state index in [1.54, 1.807) is 19.3 Å². The number of hydrogen-bond donors (Lipinski definition) is 1. The second-order valence-electron chi connectivity index (χ2n) is 5.51. The van der Waals surface area contributed by atoms with Crippen molar-refractivity contribution in [2.45, 2.75) is 38.9 Å². The van der Waals surface area contributed by atoms with Crippen LogP contribution in [0.1, 0.15) is 31.9 Å². The fourth-order valence-corrected chi connectivity index (χ4v) is 2.15. The molecular weight excluding hydrogens is 250 g/mol. The Morgan fingerprint density at radius 1 is 1.20 bits per heavy atom. The molecule has 0 aliphatic carbocycles. The van der Waals surface area contributed by atoms with E-state index in [1.165, 1.54) is 0 Å². The van der Waals surface area contributed by atoms with Gasteiger partial charge in [0.15, 0.2) is 0 Å². The Bertz CT molecular complexity index is 550. The zero-order valence-electron chi connectivity index (χ0n) is 12.2. The highest BCUT2D eigenvalue weighted by atomic mass is 16.5. The van der Waals surface area contributed by atoms with Gasteiger partial charge < -0.3 is 9.84 Å². The van der Waals surface area contributed by atoms with Crippen molar-refractivity contribution in [2.75, 3.05) is 0 Å². The molecule has 3 nitrogen and oxygen atoms in total. The van der Waals surface area contributed by atoms with Crippen molar-refractivity contribution in [3.8, 4) is 5.75 Å². The van der Waals surface area contributed by atoms with Gasteiger partial charge in [0.25, 0.3) is 0 Å². The minimum atomic E-state index is -0.968. The summed E-state index contributed by atoms with van der Waals surface area (Å²) >= 11 is 0. The fourth-order valence-electron chi connectivity index (χ4n) is 2.15. The summed E-state index contributed by atoms with van der Waals surface area (Å²) in [6.45, 7) is 5.74. The molecule has 0 aliphatic heterocycles. The van der Waals surface area contributed by atoms with Crippen molar-refractivity contribution >= 4 is 0 Å². The summed E-state index contributed by atoms with van der Waals surface area (Å²) in [7, 11) is 0. The number of rotatable bonds is 5. The molecule has 0 amide bonds. The molecular formula is C17H21NO2. The molecule has 0 spiro atoms. The van der Waals surface area contributed by atoms with Crippen LogP contribution in [0.3, 0.4) is 0 Å². The predicted octanol–water partition coefficient (Wildman–Crippen LogP) is 3.32. The third kappa shape index (κ3) is 3.81. The van der Waals surface area contributed by atoms with Gasteiger partial charge in [-0.2, -0.15) is 0 Å². The minimum Gasteiger partial charge on any atom is -0.489 e. The number of pyridine rings is 1. The Morgan fingerprint density at radius 2 is 1.90 bits per heavy atom. The molecule has 0 bridgehead atoms. The molecule has 1 heterocycles. The van der Waals surface area contributed by atoms with E-state index in [0.29, 0.717) is 12.2 Å². The number of nitrogens with zero attached hydrogens (tertiary/aromatic N) is 1. The topological polar surface area (TPSA) is 42.4 Å². The van der Waals surface area contributed by atoms with E-state index in [0.717, 1.165) is 11.1 Å². The minimum absolute atomic E-state index is 0.0890. The zero-order valence-corrected chi connectivity index (χ0v) is 12.2. The maximum absolute atomic E-state index is 10.7. The highest BCUT2D eigenvalue weighted by Crippen LogP contribution is 2.27. The van der Waals surface area contributed by atoms with E-state index in [4.69, 9.17) is 4.74 Å². The summed E-state index contributed by atoms with van der Waals surface area (Å²) in [6, 6.07) is 11.8. The van der Waals surface area contributed by atoms with Crippen molar-refractivity contribution in [3.63, 3.8) is 0 Å². The van der Waals surface area contributed by atoms with Crippen LogP contribution < -0.4 is 4.74 Å². The zero-order chi connectivity index (χ0) is 14.6. The fraction of sp³-hybridized carbons (Fsp3) is 0.353. The van der Waals surface area contributed by atoms with Gasteiger partial charge in [-0.15, -0.1) is 0 Å². The summed E-state index contributed by atoms with van der Waals surface area (Å²) < 4.78 is 5.63. The lowest BCUT2D eigenvalue weighted by Gasteiger charge is -2.24. The van der Waals surface area contributed by atoms with Gasteiger partial charge in [0.1, 0.15) is 5.75 Å². The molecule has 0 saturated heterocycles. The first-order valence-electron chi connectivity index (χ1n) is 6.86. The standard InChI is InChI=1S/C17H21NO2/c1-13(2)20-16-9-15(11-18-12-16)17(3,19)10-14-7-5-4-6-8-14/h4-9,11-13,19H,10H2,1-3H3. The molecule has 1 N–H and O–H groups in total. The largest absolute Gasteiger partial charge is 0.489 e. The quantitative estimate of drug-likeness (QED) is 0.907. The van der Waals surface area contributed by atoms with Gasteiger partial charge in [0.05, 0.1) is 17.9 Å². The average molecular weight is 271 g/mol. The van der Waals surface area contributed by atoms with Gasteiger partial charge in [-0.3, -0.25) is 4.98 Å². The first-order valence-corrected chi connectivity index (χ1v) is 6.86. The van der Waals surface area contributed by atoms with Crippen LogP contribution >= 0.6 is 0 Å². The Kier molecular flexibility index (Phi) is 4.40. The molecule has 1 atom stereocenters. The van der Waals surface area contributed by atoms with Crippen molar-refractivity contribution in [1.82, 2.24) is 4.98 Å². The lowest BCUT2D eigenvalue weighted by molar-refractivity contribution is 0.0568. The molecule has 0 saturated carbocycles. The van der Waals surface area contributed by atoms with Crippen LogP contribution in [-0.2, 0) is 12.0 Å². The van der Waals surface area contributed by atoms with Gasteiger partial charge in [-0.1, -0.05) is 30.3 Å². The van der Waals surface area contributed by atoms with E-state index >= 15 is 0 Å². The lowest BCUT2D eigenvalue weighted by Crippen LogP contribution is -2.24. The second-order valence-corrected chi connectivity index (χ2v) is 5.51. The van der Waals surface area contributed by atoms with Crippen LogP contribution in [-0.4, -0.2) is 16.2 Å². The molecule has 1 aromatic carbocycles. The molecule has 2 rings (SSSR count). The summed E-state index contributed by atoms with van der Waals surface area (Å²) in [4.78, 5) is 4.16. The predicted molar refractivity (Wildman–Crippen MR) is 79.7 cm³/mol. The molecule has 0 aliphatic rings. The van der Waals surface area contributed by atoms with E-state index < -0.39 is 5.60 Å². The SMILES string of the molecule is CC(C)Oc1cncc(C(C)(O)Cc2ccccc2)c1. The highest BCUT2D eigenvalue weighted by Gasteiger charge is 2.24. The second kappa shape index (κ2) is 6.06. The summed E-state index contributed by atoms with van der Waals surface area (Å²) in [5.74, 6) is 0.686. The highest BCUT2D eigenvalue weighted by molar-refractivity contribution is 5.30. The summed E-state index contributed by atoms with van der Waals surface area (Å²) in [6.07, 6.45) is 3.99. The van der Waals surface area contributed by atoms with Crippen molar-refractivity contribution < 1.29 is 9.84 Å². The maximum atomic E-state index is 10.7. The maximum Gasteiger partial charge on any atom is 0.138 e. The number of ether oxygens (including phenoxy) is 1. The molecule has 20 heavy (non-hydrogen) atoms. The van der Waals surface area contributed by atoms with Crippen LogP contribution in [0.25, 0.3) is 0 Å². The normalized spacial score (nSPS) is 14.1. The molecule has 1 unspecified atom stereocenters. The van der Waals surface area contributed by atoms with E-state index in [-0.39, 0.29) is 6.10 Å². The number of aliphatic hydroxyl groups is 1. The van der Waals surface area contributed by atoms with E-state index in [2.05, 4.69) is 4.98 Å². The van der Waals surface area contributed by atoms with Gasteiger partial charge >= 0.3 is 0 Å². The molecule has 3 heteroatoms. The summed E-state index contributed by atoms with van der Waals surface area (Å²) in [5.41, 5.74) is 0.886. The molecule has 0 radical (unpaired) electrons.